The van der Waals surface area contributed by atoms with Crippen molar-refractivity contribution >= 4 is 28.3 Å². The van der Waals surface area contributed by atoms with E-state index in [9.17, 15) is 9.00 Å². The minimum Gasteiger partial charge on any atom is -0.352 e. The molecule has 0 spiro atoms. The summed E-state index contributed by atoms with van der Waals surface area (Å²) < 4.78 is 12.3. The highest BCUT2D eigenvalue weighted by atomic mass is 35.5. The third-order valence-electron chi connectivity index (χ3n) is 3.94. The second kappa shape index (κ2) is 7.95. The van der Waals surface area contributed by atoms with Crippen LogP contribution in [-0.2, 0) is 21.3 Å². The molecule has 1 saturated carbocycles. The standard InChI is InChI=1S/C16H22ClNO2S/c1-12(16(19)18-15-5-3-2-4-6-15)21(20)11-13-7-9-14(17)10-8-13/h7-10,12,15H,2-6,11H2,1H3,(H,18,19)/t12-,21+/m0/s1. The third-order valence-corrected chi connectivity index (χ3v) is 5.81. The molecule has 1 aliphatic rings. The van der Waals surface area contributed by atoms with E-state index < -0.39 is 16.0 Å². The fraction of sp³-hybridized carbons (Fsp3) is 0.562. The van der Waals surface area contributed by atoms with Gasteiger partial charge in [0.25, 0.3) is 0 Å². The summed E-state index contributed by atoms with van der Waals surface area (Å²) >= 11 is 5.83. The van der Waals surface area contributed by atoms with Gasteiger partial charge >= 0.3 is 0 Å². The number of hydrogen-bond acceptors (Lipinski definition) is 2. The van der Waals surface area contributed by atoms with Gasteiger partial charge < -0.3 is 5.32 Å². The summed E-state index contributed by atoms with van der Waals surface area (Å²) in [6, 6.07) is 7.53. The van der Waals surface area contributed by atoms with Crippen LogP contribution in [-0.4, -0.2) is 21.4 Å². The Labute approximate surface area is 133 Å². The van der Waals surface area contributed by atoms with Gasteiger partial charge in [-0.05, 0) is 37.5 Å². The zero-order chi connectivity index (χ0) is 15.2. The zero-order valence-electron chi connectivity index (χ0n) is 12.3. The van der Waals surface area contributed by atoms with Crippen molar-refractivity contribution in [2.75, 3.05) is 0 Å². The first-order chi connectivity index (χ1) is 10.1. The minimum atomic E-state index is -1.21. The van der Waals surface area contributed by atoms with E-state index in [1.54, 1.807) is 19.1 Å². The predicted molar refractivity (Wildman–Crippen MR) is 87.8 cm³/mol. The molecule has 3 nitrogen and oxygen atoms in total. The van der Waals surface area contributed by atoms with E-state index in [1.807, 2.05) is 12.1 Å². The lowest BCUT2D eigenvalue weighted by molar-refractivity contribution is -0.121. The maximum Gasteiger partial charge on any atom is 0.235 e. The third kappa shape index (κ3) is 5.11. The molecule has 116 valence electrons. The normalized spacial score (nSPS) is 19.0. The summed E-state index contributed by atoms with van der Waals surface area (Å²) in [5, 5.41) is 3.22. The molecule has 1 aromatic rings. The molecule has 5 heteroatoms. The Morgan fingerprint density at radius 3 is 2.52 bits per heavy atom. The fourth-order valence-electron chi connectivity index (χ4n) is 2.55. The number of amides is 1. The molecule has 0 radical (unpaired) electrons. The molecule has 1 aromatic carbocycles. The van der Waals surface area contributed by atoms with Gasteiger partial charge in [-0.1, -0.05) is 43.0 Å². The Hall–Kier alpha value is -0.870. The van der Waals surface area contributed by atoms with Gasteiger partial charge in [-0.25, -0.2) is 0 Å². The Kier molecular flexibility index (Phi) is 6.24. The zero-order valence-corrected chi connectivity index (χ0v) is 13.9. The van der Waals surface area contributed by atoms with E-state index in [-0.39, 0.29) is 11.9 Å². The SMILES string of the molecule is C[C@@H](C(=O)NC1CCCCC1)[S@](=O)Cc1ccc(Cl)cc1. The van der Waals surface area contributed by atoms with Crippen LogP contribution in [0.4, 0.5) is 0 Å². The van der Waals surface area contributed by atoms with Crippen molar-refractivity contribution in [1.29, 1.82) is 0 Å². The molecular weight excluding hydrogens is 306 g/mol. The Morgan fingerprint density at radius 2 is 1.90 bits per heavy atom. The average Bonchev–Trinajstić information content (AvgIpc) is 2.49. The van der Waals surface area contributed by atoms with Crippen LogP contribution in [0.15, 0.2) is 24.3 Å². The number of benzene rings is 1. The second-order valence-electron chi connectivity index (χ2n) is 5.64. The van der Waals surface area contributed by atoms with Gasteiger partial charge in [-0.2, -0.15) is 0 Å². The number of hydrogen-bond donors (Lipinski definition) is 1. The van der Waals surface area contributed by atoms with Crippen LogP contribution in [0.5, 0.6) is 0 Å². The lowest BCUT2D eigenvalue weighted by Crippen LogP contribution is -2.42. The molecule has 21 heavy (non-hydrogen) atoms. The van der Waals surface area contributed by atoms with Gasteiger partial charge in [0, 0.05) is 27.6 Å². The molecule has 2 atom stereocenters. The van der Waals surface area contributed by atoms with Gasteiger partial charge in [-0.15, -0.1) is 0 Å². The number of rotatable bonds is 5. The van der Waals surface area contributed by atoms with Gasteiger partial charge in [0.2, 0.25) is 5.91 Å². The van der Waals surface area contributed by atoms with E-state index >= 15 is 0 Å². The van der Waals surface area contributed by atoms with E-state index in [0.29, 0.717) is 10.8 Å². The molecule has 0 unspecified atom stereocenters. The summed E-state index contributed by atoms with van der Waals surface area (Å²) in [7, 11) is -1.21. The van der Waals surface area contributed by atoms with Crippen molar-refractivity contribution in [2.45, 2.75) is 56.1 Å². The van der Waals surface area contributed by atoms with Crippen molar-refractivity contribution in [3.05, 3.63) is 34.9 Å². The van der Waals surface area contributed by atoms with Crippen molar-refractivity contribution in [3.63, 3.8) is 0 Å². The average molecular weight is 328 g/mol. The number of carbonyl (C=O) groups is 1. The first-order valence-corrected chi connectivity index (χ1v) is 9.24. The van der Waals surface area contributed by atoms with Crippen LogP contribution < -0.4 is 5.32 Å². The molecule has 1 fully saturated rings. The van der Waals surface area contributed by atoms with Crippen LogP contribution in [0.3, 0.4) is 0 Å². The van der Waals surface area contributed by atoms with E-state index in [4.69, 9.17) is 11.6 Å². The first-order valence-electron chi connectivity index (χ1n) is 7.48. The molecule has 2 rings (SSSR count). The topological polar surface area (TPSA) is 46.2 Å². The monoisotopic (exact) mass is 327 g/mol. The highest BCUT2D eigenvalue weighted by Crippen LogP contribution is 2.18. The van der Waals surface area contributed by atoms with Gasteiger partial charge in [-0.3, -0.25) is 9.00 Å². The highest BCUT2D eigenvalue weighted by Gasteiger charge is 2.23. The fourth-order valence-corrected chi connectivity index (χ4v) is 3.76. The van der Waals surface area contributed by atoms with Crippen LogP contribution >= 0.6 is 11.6 Å². The molecular formula is C16H22ClNO2S. The van der Waals surface area contributed by atoms with Crippen LogP contribution in [0.25, 0.3) is 0 Å². The summed E-state index contributed by atoms with van der Waals surface area (Å²) in [5.74, 6) is 0.297. The maximum absolute atomic E-state index is 12.3. The quantitative estimate of drug-likeness (QED) is 0.900. The van der Waals surface area contributed by atoms with Gasteiger partial charge in [0.1, 0.15) is 5.25 Å². The molecule has 1 N–H and O–H groups in total. The van der Waals surface area contributed by atoms with Crippen molar-refractivity contribution < 1.29 is 9.00 Å². The Bertz CT molecular complexity index is 498. The molecule has 1 amide bonds. The molecule has 0 bridgehead atoms. The predicted octanol–water partition coefficient (Wildman–Crippen LogP) is 3.43. The largest absolute Gasteiger partial charge is 0.352 e. The summed E-state index contributed by atoms with van der Waals surface area (Å²) in [6.07, 6.45) is 5.69. The second-order valence-corrected chi connectivity index (χ2v) is 7.83. The van der Waals surface area contributed by atoms with Crippen LogP contribution in [0.2, 0.25) is 5.02 Å². The lowest BCUT2D eigenvalue weighted by atomic mass is 9.95. The van der Waals surface area contributed by atoms with E-state index in [1.165, 1.54) is 19.3 Å². The summed E-state index contributed by atoms with van der Waals surface area (Å²) in [6.45, 7) is 1.74. The molecule has 1 aliphatic carbocycles. The van der Waals surface area contributed by atoms with Crippen molar-refractivity contribution in [1.82, 2.24) is 5.32 Å². The van der Waals surface area contributed by atoms with Crippen LogP contribution in [0.1, 0.15) is 44.6 Å². The Morgan fingerprint density at radius 1 is 1.29 bits per heavy atom. The number of carbonyl (C=O) groups excluding carboxylic acids is 1. The summed E-state index contributed by atoms with van der Waals surface area (Å²) in [5.41, 5.74) is 0.940. The first kappa shape index (κ1) is 16.5. The van der Waals surface area contributed by atoms with Gasteiger partial charge in [0.05, 0.1) is 0 Å². The minimum absolute atomic E-state index is 0.0887. The van der Waals surface area contributed by atoms with E-state index in [0.717, 1.165) is 18.4 Å². The molecule has 0 aliphatic heterocycles. The number of nitrogens with one attached hydrogen (secondary N) is 1. The highest BCUT2D eigenvalue weighted by molar-refractivity contribution is 7.85. The van der Waals surface area contributed by atoms with Crippen LogP contribution in [0, 0.1) is 0 Å². The molecule has 0 saturated heterocycles. The number of halogens is 1. The van der Waals surface area contributed by atoms with Crippen molar-refractivity contribution in [3.8, 4) is 0 Å². The Balaban J connectivity index is 1.85. The smallest absolute Gasteiger partial charge is 0.235 e. The van der Waals surface area contributed by atoms with Gasteiger partial charge in [0.15, 0.2) is 0 Å². The molecule has 0 aromatic heterocycles. The van der Waals surface area contributed by atoms with Crippen molar-refractivity contribution in [2.24, 2.45) is 0 Å². The van der Waals surface area contributed by atoms with E-state index in [2.05, 4.69) is 5.32 Å². The molecule has 0 heterocycles. The maximum atomic E-state index is 12.3. The summed E-state index contributed by atoms with van der Waals surface area (Å²) in [4.78, 5) is 12.2. The lowest BCUT2D eigenvalue weighted by Gasteiger charge is -2.24.